The Morgan fingerprint density at radius 2 is 1.63 bits per heavy atom. The molecule has 0 saturated heterocycles. The first-order chi connectivity index (χ1) is 8.73. The third-order valence-electron chi connectivity index (χ3n) is 2.64. The number of benzene rings is 1. The minimum absolute atomic E-state index is 0.160. The monoisotopic (exact) mass is 266 g/mol. The van der Waals surface area contributed by atoms with E-state index >= 15 is 0 Å². The first kappa shape index (κ1) is 14.3. The number of carboxylic acids is 1. The number of rotatable bonds is 5. The van der Waals surface area contributed by atoms with Crippen LogP contribution in [0, 0.1) is 20.2 Å². The zero-order valence-corrected chi connectivity index (χ0v) is 9.90. The fourth-order valence-corrected chi connectivity index (χ4v) is 1.47. The van der Waals surface area contributed by atoms with E-state index in [0.717, 1.165) is 18.2 Å². The number of hydrogen-bond acceptors (Lipinski definition) is 5. The molecule has 0 aromatic heterocycles. The van der Waals surface area contributed by atoms with Crippen molar-refractivity contribution in [3.8, 4) is 0 Å². The molecule has 0 fully saturated rings. The van der Waals surface area contributed by atoms with Gasteiger partial charge in [0, 0.05) is 23.6 Å². The maximum atomic E-state index is 10.8. The molecule has 0 radical (unpaired) electrons. The van der Waals surface area contributed by atoms with Crippen molar-refractivity contribution in [3.05, 3.63) is 56.1 Å². The Labute approximate surface area is 107 Å². The van der Waals surface area contributed by atoms with Gasteiger partial charge in [-0.25, -0.2) is 4.79 Å². The lowest BCUT2D eigenvalue weighted by molar-refractivity contribution is -0.394. The normalized spacial score (nSPS) is 11.6. The van der Waals surface area contributed by atoms with Gasteiger partial charge in [0.2, 0.25) is 0 Å². The Morgan fingerprint density at radius 1 is 1.21 bits per heavy atom. The molecular formula is C11H10N2O6. The molecule has 1 aromatic carbocycles. The minimum Gasteiger partial charge on any atom is -0.478 e. The third-order valence-corrected chi connectivity index (χ3v) is 2.64. The minimum atomic E-state index is -1.26. The van der Waals surface area contributed by atoms with Gasteiger partial charge in [0.05, 0.1) is 15.9 Å². The van der Waals surface area contributed by atoms with Crippen LogP contribution in [0.1, 0.15) is 18.4 Å². The predicted molar refractivity (Wildman–Crippen MR) is 64.9 cm³/mol. The van der Waals surface area contributed by atoms with Gasteiger partial charge in [-0.3, -0.25) is 20.2 Å². The van der Waals surface area contributed by atoms with Gasteiger partial charge in [0.15, 0.2) is 0 Å². The molecule has 100 valence electrons. The van der Waals surface area contributed by atoms with Crippen LogP contribution in [0.5, 0.6) is 0 Å². The maximum absolute atomic E-state index is 10.8. The van der Waals surface area contributed by atoms with Crippen molar-refractivity contribution >= 4 is 17.3 Å². The summed E-state index contributed by atoms with van der Waals surface area (Å²) in [5, 5.41) is 30.2. The second-order valence-electron chi connectivity index (χ2n) is 3.85. The van der Waals surface area contributed by atoms with Crippen LogP contribution >= 0.6 is 0 Å². The molecule has 1 N–H and O–H groups in total. The highest BCUT2D eigenvalue weighted by molar-refractivity contribution is 5.87. The SMILES string of the molecule is C=C(C(=O)O)C(C)c1cc([N+](=O)[O-])cc([N+](=O)[O-])c1. The maximum Gasteiger partial charge on any atom is 0.331 e. The second-order valence-corrected chi connectivity index (χ2v) is 3.85. The Bertz CT molecular complexity index is 548. The molecular weight excluding hydrogens is 256 g/mol. The summed E-state index contributed by atoms with van der Waals surface area (Å²) in [5.41, 5.74) is -0.966. The van der Waals surface area contributed by atoms with Gasteiger partial charge >= 0.3 is 5.97 Å². The van der Waals surface area contributed by atoms with Crippen LogP contribution in [0.4, 0.5) is 11.4 Å². The Kier molecular flexibility index (Phi) is 3.95. The Morgan fingerprint density at radius 3 is 1.95 bits per heavy atom. The molecule has 0 amide bonds. The second kappa shape index (κ2) is 5.25. The topological polar surface area (TPSA) is 124 Å². The van der Waals surface area contributed by atoms with Crippen molar-refractivity contribution in [3.63, 3.8) is 0 Å². The summed E-state index contributed by atoms with van der Waals surface area (Å²) < 4.78 is 0. The summed E-state index contributed by atoms with van der Waals surface area (Å²) >= 11 is 0. The predicted octanol–water partition coefficient (Wildman–Crippen LogP) is 2.25. The molecule has 0 aliphatic rings. The fourth-order valence-electron chi connectivity index (χ4n) is 1.47. The van der Waals surface area contributed by atoms with Crippen molar-refractivity contribution in [2.45, 2.75) is 12.8 Å². The highest BCUT2D eigenvalue weighted by Crippen LogP contribution is 2.30. The Hall–Kier alpha value is -2.77. The number of nitrogens with zero attached hydrogens (tertiary/aromatic N) is 2. The average molecular weight is 266 g/mol. The highest BCUT2D eigenvalue weighted by atomic mass is 16.6. The van der Waals surface area contributed by atoms with E-state index in [1.807, 2.05) is 0 Å². The van der Waals surface area contributed by atoms with Crippen LogP contribution in [-0.4, -0.2) is 20.9 Å². The number of hydrogen-bond donors (Lipinski definition) is 1. The molecule has 1 rings (SSSR count). The van der Waals surface area contributed by atoms with E-state index in [4.69, 9.17) is 5.11 Å². The largest absolute Gasteiger partial charge is 0.478 e. The van der Waals surface area contributed by atoms with Crippen LogP contribution < -0.4 is 0 Å². The molecule has 0 aliphatic heterocycles. The van der Waals surface area contributed by atoms with Crippen molar-refractivity contribution in [1.82, 2.24) is 0 Å². The average Bonchev–Trinajstić information content (AvgIpc) is 2.36. The van der Waals surface area contributed by atoms with Crippen molar-refractivity contribution in [2.75, 3.05) is 0 Å². The van der Waals surface area contributed by atoms with Gasteiger partial charge in [0.25, 0.3) is 11.4 Å². The number of nitro groups is 2. The quantitative estimate of drug-likeness (QED) is 0.495. The van der Waals surface area contributed by atoms with Crippen LogP contribution in [0.3, 0.4) is 0 Å². The number of carbonyl (C=O) groups is 1. The summed E-state index contributed by atoms with van der Waals surface area (Å²) in [6.07, 6.45) is 0. The highest BCUT2D eigenvalue weighted by Gasteiger charge is 2.22. The van der Waals surface area contributed by atoms with E-state index in [-0.39, 0.29) is 11.1 Å². The van der Waals surface area contributed by atoms with Gasteiger partial charge < -0.3 is 5.11 Å². The fraction of sp³-hybridized carbons (Fsp3) is 0.182. The van der Waals surface area contributed by atoms with E-state index in [0.29, 0.717) is 0 Å². The lowest BCUT2D eigenvalue weighted by atomic mass is 9.93. The zero-order valence-electron chi connectivity index (χ0n) is 9.90. The summed E-state index contributed by atoms with van der Waals surface area (Å²) in [5.74, 6) is -2.03. The molecule has 8 heteroatoms. The first-order valence-electron chi connectivity index (χ1n) is 5.10. The molecule has 1 unspecified atom stereocenters. The molecule has 0 heterocycles. The molecule has 0 spiro atoms. The summed E-state index contributed by atoms with van der Waals surface area (Å²) in [7, 11) is 0. The molecule has 1 aromatic rings. The molecule has 0 aliphatic carbocycles. The van der Waals surface area contributed by atoms with E-state index < -0.39 is 33.1 Å². The third kappa shape index (κ3) is 3.12. The van der Waals surface area contributed by atoms with Gasteiger partial charge in [-0.2, -0.15) is 0 Å². The van der Waals surface area contributed by atoms with Crippen LogP contribution in [0.2, 0.25) is 0 Å². The summed E-state index contributed by atoms with van der Waals surface area (Å²) in [6.45, 7) is 4.80. The molecule has 0 bridgehead atoms. The van der Waals surface area contributed by atoms with Gasteiger partial charge in [0.1, 0.15) is 0 Å². The van der Waals surface area contributed by atoms with Crippen molar-refractivity contribution < 1.29 is 19.7 Å². The van der Waals surface area contributed by atoms with Crippen molar-refractivity contribution in [2.24, 2.45) is 0 Å². The summed E-state index contributed by atoms with van der Waals surface area (Å²) in [6, 6.07) is 3.03. The molecule has 8 nitrogen and oxygen atoms in total. The molecule has 0 saturated carbocycles. The number of aliphatic carboxylic acids is 1. The van der Waals surface area contributed by atoms with Crippen LogP contribution in [0.15, 0.2) is 30.4 Å². The lowest BCUT2D eigenvalue weighted by Crippen LogP contribution is -2.08. The number of non-ortho nitro benzene ring substituents is 2. The van der Waals surface area contributed by atoms with E-state index in [1.54, 1.807) is 0 Å². The standard InChI is InChI=1S/C11H10N2O6/c1-6(7(2)11(14)15)8-3-9(12(16)17)5-10(4-8)13(18)19/h3-6H,2H2,1H3,(H,14,15). The first-order valence-corrected chi connectivity index (χ1v) is 5.10. The van der Waals surface area contributed by atoms with E-state index in [1.165, 1.54) is 6.92 Å². The molecule has 19 heavy (non-hydrogen) atoms. The lowest BCUT2D eigenvalue weighted by Gasteiger charge is -2.11. The zero-order chi connectivity index (χ0) is 14.7. The van der Waals surface area contributed by atoms with E-state index in [9.17, 15) is 25.0 Å². The molecule has 1 atom stereocenters. The smallest absolute Gasteiger partial charge is 0.331 e. The van der Waals surface area contributed by atoms with Gasteiger partial charge in [-0.1, -0.05) is 13.5 Å². The van der Waals surface area contributed by atoms with Gasteiger partial charge in [-0.15, -0.1) is 0 Å². The Balaban J connectivity index is 3.34. The number of carboxylic acid groups (broad SMARTS) is 1. The van der Waals surface area contributed by atoms with Crippen LogP contribution in [0.25, 0.3) is 0 Å². The van der Waals surface area contributed by atoms with E-state index in [2.05, 4.69) is 6.58 Å². The van der Waals surface area contributed by atoms with Crippen molar-refractivity contribution in [1.29, 1.82) is 0 Å². The van der Waals surface area contributed by atoms with Gasteiger partial charge in [-0.05, 0) is 5.56 Å². The summed E-state index contributed by atoms with van der Waals surface area (Å²) in [4.78, 5) is 30.6. The number of nitro benzene ring substituents is 2. The van der Waals surface area contributed by atoms with Crippen LogP contribution in [-0.2, 0) is 4.79 Å².